The number of pyridine rings is 1. The van der Waals surface area contributed by atoms with Crippen LogP contribution in [0.1, 0.15) is 16.1 Å². The summed E-state index contributed by atoms with van der Waals surface area (Å²) in [7, 11) is 0. The number of carbonyl (C=O) groups is 1. The molecule has 0 aliphatic heterocycles. The van der Waals surface area contributed by atoms with E-state index in [4.69, 9.17) is 5.11 Å². The number of aromatic carboxylic acids is 1. The molecule has 2 N–H and O–H groups in total. The third-order valence-electron chi connectivity index (χ3n) is 3.13. The van der Waals surface area contributed by atoms with Crippen LogP contribution >= 0.6 is 0 Å². The molecule has 7 nitrogen and oxygen atoms in total. The van der Waals surface area contributed by atoms with Crippen molar-refractivity contribution >= 4 is 23.1 Å². The van der Waals surface area contributed by atoms with Gasteiger partial charge in [0.15, 0.2) is 5.82 Å². The molecular formula is C15H12N4O3. The molecule has 3 aromatic rings. The number of nitrogens with zero attached hydrogens (tertiary/aromatic N) is 4. The molecule has 3 rings (SSSR count). The molecule has 0 saturated heterocycles. The summed E-state index contributed by atoms with van der Waals surface area (Å²) < 4.78 is 1.67. The first-order chi connectivity index (χ1) is 10.5. The van der Waals surface area contributed by atoms with Crippen LogP contribution in [0.2, 0.25) is 0 Å². The highest BCUT2D eigenvalue weighted by Crippen LogP contribution is 2.24. The van der Waals surface area contributed by atoms with Gasteiger partial charge in [-0.2, -0.15) is 0 Å². The fraction of sp³-hybridized carbons (Fsp3) is 0.0667. The van der Waals surface area contributed by atoms with Crippen molar-refractivity contribution < 1.29 is 15.0 Å². The van der Waals surface area contributed by atoms with E-state index in [1.54, 1.807) is 29.7 Å². The van der Waals surface area contributed by atoms with E-state index in [-0.39, 0.29) is 11.3 Å². The van der Waals surface area contributed by atoms with Crippen LogP contribution in [0, 0.1) is 6.92 Å². The Morgan fingerprint density at radius 3 is 2.59 bits per heavy atom. The molecule has 0 saturated carbocycles. The minimum atomic E-state index is -1.00. The molecule has 0 amide bonds. The number of aromatic nitrogens is 2. The van der Waals surface area contributed by atoms with Gasteiger partial charge in [-0.25, -0.2) is 9.78 Å². The van der Waals surface area contributed by atoms with Gasteiger partial charge in [0.2, 0.25) is 0 Å². The topological polar surface area (TPSA) is 99.5 Å². The number of fused-ring (bicyclic) bond motifs is 1. The third kappa shape index (κ3) is 2.51. The lowest BCUT2D eigenvalue weighted by atomic mass is 10.3. The average molecular weight is 296 g/mol. The Morgan fingerprint density at radius 2 is 1.91 bits per heavy atom. The molecule has 110 valence electrons. The number of phenols is 1. The second-order valence-electron chi connectivity index (χ2n) is 4.69. The summed E-state index contributed by atoms with van der Waals surface area (Å²) in [6, 6.07) is 9.29. The molecular weight excluding hydrogens is 284 g/mol. The Morgan fingerprint density at radius 1 is 1.18 bits per heavy atom. The van der Waals surface area contributed by atoms with Gasteiger partial charge in [0.25, 0.3) is 0 Å². The summed E-state index contributed by atoms with van der Waals surface area (Å²) in [6.07, 6.45) is 1.60. The highest BCUT2D eigenvalue weighted by molar-refractivity contribution is 5.88. The summed E-state index contributed by atoms with van der Waals surface area (Å²) in [5, 5.41) is 26.5. The Kier molecular flexibility index (Phi) is 3.30. The Labute approximate surface area is 125 Å². The Hall–Kier alpha value is -3.22. The van der Waals surface area contributed by atoms with Gasteiger partial charge in [0.1, 0.15) is 11.4 Å². The molecule has 2 heterocycles. The summed E-state index contributed by atoms with van der Waals surface area (Å²) >= 11 is 0. The highest BCUT2D eigenvalue weighted by Gasteiger charge is 2.11. The lowest BCUT2D eigenvalue weighted by molar-refractivity contribution is 0.0697. The van der Waals surface area contributed by atoms with Crippen LogP contribution in [0.25, 0.3) is 5.65 Å². The van der Waals surface area contributed by atoms with Gasteiger partial charge in [-0.1, -0.05) is 0 Å². The number of aryl methyl sites for hydroxylation is 1. The predicted molar refractivity (Wildman–Crippen MR) is 79.2 cm³/mol. The van der Waals surface area contributed by atoms with E-state index in [0.29, 0.717) is 22.8 Å². The van der Waals surface area contributed by atoms with Crippen LogP contribution in [0.3, 0.4) is 0 Å². The van der Waals surface area contributed by atoms with E-state index in [1.807, 2.05) is 0 Å². The standard InChI is InChI=1S/C15H12N4O3/c1-9-14(18-17-11-2-4-12(20)5-3-11)19-7-6-10(15(21)22)8-13(19)16-9/h2-8,20H,1H3,(H,21,22). The van der Waals surface area contributed by atoms with Crippen LogP contribution in [0.15, 0.2) is 52.8 Å². The number of carboxylic acid groups (broad SMARTS) is 1. The van der Waals surface area contributed by atoms with Crippen LogP contribution in [0.5, 0.6) is 5.75 Å². The largest absolute Gasteiger partial charge is 0.508 e. The van der Waals surface area contributed by atoms with Crippen LogP contribution in [-0.2, 0) is 0 Å². The Bertz CT molecular complexity index is 882. The van der Waals surface area contributed by atoms with Gasteiger partial charge >= 0.3 is 5.97 Å². The van der Waals surface area contributed by atoms with Gasteiger partial charge in [0, 0.05) is 6.20 Å². The molecule has 0 aliphatic rings. The van der Waals surface area contributed by atoms with E-state index in [0.717, 1.165) is 0 Å². The molecule has 0 spiro atoms. The SMILES string of the molecule is Cc1nc2cc(C(=O)O)ccn2c1N=Nc1ccc(O)cc1. The van der Waals surface area contributed by atoms with Gasteiger partial charge in [-0.15, -0.1) is 10.2 Å². The van der Waals surface area contributed by atoms with Crippen molar-refractivity contribution in [2.45, 2.75) is 6.92 Å². The normalized spacial score (nSPS) is 11.3. The van der Waals surface area contributed by atoms with Gasteiger partial charge in [-0.05, 0) is 43.3 Å². The molecule has 22 heavy (non-hydrogen) atoms. The summed E-state index contributed by atoms with van der Waals surface area (Å²) in [5.74, 6) is -0.318. The van der Waals surface area contributed by atoms with Gasteiger partial charge in [-0.3, -0.25) is 4.40 Å². The van der Waals surface area contributed by atoms with E-state index in [9.17, 15) is 9.90 Å². The summed E-state index contributed by atoms with van der Waals surface area (Å²) in [5.41, 5.74) is 1.90. The van der Waals surface area contributed by atoms with E-state index in [1.165, 1.54) is 24.3 Å². The van der Waals surface area contributed by atoms with Crippen LogP contribution in [-0.4, -0.2) is 25.6 Å². The minimum Gasteiger partial charge on any atom is -0.508 e. The average Bonchev–Trinajstić information content (AvgIpc) is 2.81. The molecule has 0 aliphatic carbocycles. The zero-order chi connectivity index (χ0) is 15.7. The molecule has 0 fully saturated rings. The summed E-state index contributed by atoms with van der Waals surface area (Å²) in [4.78, 5) is 15.3. The zero-order valence-corrected chi connectivity index (χ0v) is 11.6. The number of phenolic OH excluding ortho intramolecular Hbond substituents is 1. The smallest absolute Gasteiger partial charge is 0.335 e. The van der Waals surface area contributed by atoms with Crippen LogP contribution in [0.4, 0.5) is 11.5 Å². The number of rotatable bonds is 3. The monoisotopic (exact) mass is 296 g/mol. The molecule has 0 bridgehead atoms. The van der Waals surface area contributed by atoms with E-state index >= 15 is 0 Å². The molecule has 0 unspecified atom stereocenters. The van der Waals surface area contributed by atoms with Crippen molar-refractivity contribution in [3.8, 4) is 5.75 Å². The number of hydrogen-bond donors (Lipinski definition) is 2. The number of imidazole rings is 1. The van der Waals surface area contributed by atoms with Gasteiger partial charge < -0.3 is 10.2 Å². The third-order valence-corrected chi connectivity index (χ3v) is 3.13. The van der Waals surface area contributed by atoms with Crippen molar-refractivity contribution in [1.82, 2.24) is 9.38 Å². The maximum Gasteiger partial charge on any atom is 0.335 e. The van der Waals surface area contributed by atoms with Gasteiger partial charge in [0.05, 0.1) is 16.9 Å². The molecule has 1 aromatic carbocycles. The van der Waals surface area contributed by atoms with Crippen molar-refractivity contribution in [2.24, 2.45) is 10.2 Å². The van der Waals surface area contributed by atoms with Crippen LogP contribution < -0.4 is 0 Å². The molecule has 2 aromatic heterocycles. The fourth-order valence-corrected chi connectivity index (χ4v) is 2.03. The maximum atomic E-state index is 11.0. The first kappa shape index (κ1) is 13.7. The molecule has 0 atom stereocenters. The number of carboxylic acids is 1. The number of azo groups is 1. The van der Waals surface area contributed by atoms with E-state index < -0.39 is 5.97 Å². The molecule has 0 radical (unpaired) electrons. The van der Waals surface area contributed by atoms with Crippen molar-refractivity contribution in [2.75, 3.05) is 0 Å². The first-order valence-electron chi connectivity index (χ1n) is 6.47. The predicted octanol–water partition coefficient (Wildman–Crippen LogP) is 3.46. The number of hydrogen-bond acceptors (Lipinski definition) is 5. The second kappa shape index (κ2) is 5.28. The number of aromatic hydroxyl groups is 1. The Balaban J connectivity index is 2.01. The minimum absolute atomic E-state index is 0.158. The fourth-order valence-electron chi connectivity index (χ4n) is 2.03. The van der Waals surface area contributed by atoms with Crippen molar-refractivity contribution in [1.29, 1.82) is 0 Å². The lowest BCUT2D eigenvalue weighted by Crippen LogP contribution is -1.97. The van der Waals surface area contributed by atoms with E-state index in [2.05, 4.69) is 15.2 Å². The summed E-state index contributed by atoms with van der Waals surface area (Å²) in [6.45, 7) is 1.78. The second-order valence-corrected chi connectivity index (χ2v) is 4.69. The lowest BCUT2D eigenvalue weighted by Gasteiger charge is -1.98. The van der Waals surface area contributed by atoms with Crippen molar-refractivity contribution in [3.05, 3.63) is 53.9 Å². The molecule has 7 heteroatoms. The quantitative estimate of drug-likeness (QED) is 0.723. The number of benzene rings is 1. The first-order valence-corrected chi connectivity index (χ1v) is 6.47. The zero-order valence-electron chi connectivity index (χ0n) is 11.6. The highest BCUT2D eigenvalue weighted by atomic mass is 16.4. The van der Waals surface area contributed by atoms with Crippen molar-refractivity contribution in [3.63, 3.8) is 0 Å². The maximum absolute atomic E-state index is 11.0.